The number of likely N-dealkylation sites (N-methyl/N-ethyl adjacent to an activating group) is 1. The molecule has 5 rings (SSSR count). The van der Waals surface area contributed by atoms with Crippen LogP contribution < -0.4 is 15.4 Å². The summed E-state index contributed by atoms with van der Waals surface area (Å²) in [6.07, 6.45) is 4.09. The van der Waals surface area contributed by atoms with Crippen molar-refractivity contribution in [2.24, 2.45) is 0 Å². The molecule has 0 unspecified atom stereocenters. The van der Waals surface area contributed by atoms with Gasteiger partial charge >= 0.3 is 0 Å². The Bertz CT molecular complexity index is 1660. The number of anilines is 2. The van der Waals surface area contributed by atoms with Crippen molar-refractivity contribution in [3.8, 4) is 11.8 Å². The lowest BCUT2D eigenvalue weighted by Gasteiger charge is -2.37. The quantitative estimate of drug-likeness (QED) is 0.326. The average Bonchev–Trinajstić information content (AvgIpc) is 3.00. The van der Waals surface area contributed by atoms with Gasteiger partial charge in [-0.3, -0.25) is 9.78 Å². The predicted octanol–water partition coefficient (Wildman–Crippen LogP) is 2.69. The molecule has 0 radical (unpaired) electrons. The van der Waals surface area contributed by atoms with Crippen LogP contribution in [0.5, 0.6) is 0 Å². The van der Waals surface area contributed by atoms with Gasteiger partial charge in [-0.15, -0.1) is 0 Å². The molecular weight excluding hydrogens is 526 g/mol. The van der Waals surface area contributed by atoms with E-state index in [0.29, 0.717) is 48.7 Å². The molecule has 1 aliphatic rings. The summed E-state index contributed by atoms with van der Waals surface area (Å²) >= 11 is 0. The highest BCUT2D eigenvalue weighted by Crippen LogP contribution is 2.28. The minimum atomic E-state index is -3.71. The lowest BCUT2D eigenvalue weighted by Crippen LogP contribution is -2.49. The molecule has 2 aromatic carbocycles. The first-order valence-corrected chi connectivity index (χ1v) is 14.4. The van der Waals surface area contributed by atoms with E-state index in [-0.39, 0.29) is 23.5 Å². The SMILES string of the molecule is CN(CCc1ccccn1)c1c(N2CCN(S(=O)(=O)c3ccc(C#N)cc3)CC2)cnn(-c2ccccc2)c1=O. The van der Waals surface area contributed by atoms with Crippen molar-refractivity contribution in [3.05, 3.63) is 107 Å². The van der Waals surface area contributed by atoms with E-state index in [1.165, 1.54) is 33.3 Å². The van der Waals surface area contributed by atoms with Gasteiger partial charge < -0.3 is 9.80 Å². The van der Waals surface area contributed by atoms with Crippen molar-refractivity contribution in [1.29, 1.82) is 5.26 Å². The van der Waals surface area contributed by atoms with Crippen LogP contribution in [0.4, 0.5) is 11.4 Å². The Morgan fingerprint density at radius 1 is 0.950 bits per heavy atom. The number of hydrogen-bond donors (Lipinski definition) is 0. The summed E-state index contributed by atoms with van der Waals surface area (Å²) in [5, 5.41) is 13.5. The third-order valence-electron chi connectivity index (χ3n) is 6.95. The van der Waals surface area contributed by atoms with Crippen LogP contribution in [0.15, 0.2) is 94.9 Å². The van der Waals surface area contributed by atoms with Crippen molar-refractivity contribution in [3.63, 3.8) is 0 Å². The zero-order valence-corrected chi connectivity index (χ0v) is 22.9. The van der Waals surface area contributed by atoms with Gasteiger partial charge in [-0.05, 0) is 48.5 Å². The van der Waals surface area contributed by atoms with E-state index in [1.54, 1.807) is 12.4 Å². The first kappa shape index (κ1) is 27.1. The number of sulfonamides is 1. The Morgan fingerprint density at radius 2 is 1.65 bits per heavy atom. The summed E-state index contributed by atoms with van der Waals surface area (Å²) in [4.78, 5) is 22.3. The van der Waals surface area contributed by atoms with Crippen molar-refractivity contribution >= 4 is 21.4 Å². The third kappa shape index (κ3) is 5.59. The molecule has 40 heavy (non-hydrogen) atoms. The number of rotatable bonds is 8. The number of pyridine rings is 1. The molecule has 11 heteroatoms. The summed E-state index contributed by atoms with van der Waals surface area (Å²) in [6, 6.07) is 23.0. The molecule has 0 N–H and O–H groups in total. The predicted molar refractivity (Wildman–Crippen MR) is 153 cm³/mol. The Morgan fingerprint density at radius 3 is 2.30 bits per heavy atom. The van der Waals surface area contributed by atoms with Gasteiger partial charge in [0.1, 0.15) is 5.69 Å². The van der Waals surface area contributed by atoms with E-state index in [1.807, 2.05) is 71.4 Å². The number of para-hydroxylation sites is 1. The molecule has 0 spiro atoms. The van der Waals surface area contributed by atoms with E-state index >= 15 is 0 Å². The van der Waals surface area contributed by atoms with Gasteiger partial charge in [0.2, 0.25) is 10.0 Å². The fraction of sp³-hybridized carbons (Fsp3) is 0.241. The van der Waals surface area contributed by atoms with E-state index in [4.69, 9.17) is 5.26 Å². The number of benzene rings is 2. The van der Waals surface area contributed by atoms with Crippen LogP contribution >= 0.6 is 0 Å². The zero-order chi connectivity index (χ0) is 28.1. The van der Waals surface area contributed by atoms with Gasteiger partial charge in [0.05, 0.1) is 34.1 Å². The van der Waals surface area contributed by atoms with E-state index in [9.17, 15) is 13.2 Å². The molecule has 204 valence electrons. The second kappa shape index (κ2) is 11.7. The van der Waals surface area contributed by atoms with E-state index < -0.39 is 10.0 Å². The number of hydrogen-bond acceptors (Lipinski definition) is 8. The van der Waals surface area contributed by atoms with Crippen molar-refractivity contribution in [2.45, 2.75) is 11.3 Å². The second-order valence-corrected chi connectivity index (χ2v) is 11.4. The zero-order valence-electron chi connectivity index (χ0n) is 22.1. The fourth-order valence-electron chi connectivity index (χ4n) is 4.74. The standard InChI is InChI=1S/C29H29N7O3S/c1-33(16-14-24-7-5-6-15-31-24)28-27(22-32-36(29(28)37)25-8-3-2-4-9-25)34-17-19-35(20-18-34)40(38,39)26-12-10-23(21-30)11-13-26/h2-13,15,22H,14,16-20H2,1H3. The summed E-state index contributed by atoms with van der Waals surface area (Å²) in [6.45, 7) is 1.85. The van der Waals surface area contributed by atoms with Gasteiger partial charge in [-0.1, -0.05) is 24.3 Å². The van der Waals surface area contributed by atoms with Crippen LogP contribution in [0, 0.1) is 11.3 Å². The maximum atomic E-state index is 13.8. The molecular formula is C29H29N7O3S. The lowest BCUT2D eigenvalue weighted by atomic mass is 10.2. The minimum Gasteiger partial charge on any atom is -0.368 e. The summed E-state index contributed by atoms with van der Waals surface area (Å²) in [7, 11) is -1.83. The Hall–Kier alpha value is -4.53. The Labute approximate surface area is 233 Å². The molecule has 0 atom stereocenters. The molecule has 4 aromatic rings. The molecule has 0 bridgehead atoms. The number of nitriles is 1. The normalized spacial score (nSPS) is 14.1. The number of nitrogens with zero attached hydrogens (tertiary/aromatic N) is 7. The molecule has 0 amide bonds. The van der Waals surface area contributed by atoms with Gasteiger partial charge in [-0.25, -0.2) is 8.42 Å². The van der Waals surface area contributed by atoms with E-state index in [2.05, 4.69) is 10.1 Å². The fourth-order valence-corrected chi connectivity index (χ4v) is 6.16. The van der Waals surface area contributed by atoms with Crippen molar-refractivity contribution in [2.75, 3.05) is 49.6 Å². The first-order valence-electron chi connectivity index (χ1n) is 12.9. The highest BCUT2D eigenvalue weighted by Gasteiger charge is 2.30. The van der Waals surface area contributed by atoms with Gasteiger partial charge in [0.15, 0.2) is 0 Å². The molecule has 1 saturated heterocycles. The molecule has 1 aliphatic heterocycles. The van der Waals surface area contributed by atoms with Crippen LogP contribution in [0.2, 0.25) is 0 Å². The lowest BCUT2D eigenvalue weighted by molar-refractivity contribution is 0.384. The molecule has 2 aromatic heterocycles. The topological polar surface area (TPSA) is 115 Å². The van der Waals surface area contributed by atoms with Crippen LogP contribution in [0.1, 0.15) is 11.3 Å². The molecule has 10 nitrogen and oxygen atoms in total. The minimum absolute atomic E-state index is 0.155. The van der Waals surface area contributed by atoms with Gasteiger partial charge in [-0.2, -0.15) is 19.3 Å². The van der Waals surface area contributed by atoms with Crippen LogP contribution in [-0.2, 0) is 16.4 Å². The summed E-state index contributed by atoms with van der Waals surface area (Å²) in [5.74, 6) is 0. The van der Waals surface area contributed by atoms with E-state index in [0.717, 1.165) is 5.69 Å². The maximum Gasteiger partial charge on any atom is 0.297 e. The average molecular weight is 556 g/mol. The first-order chi connectivity index (χ1) is 19.4. The van der Waals surface area contributed by atoms with Crippen molar-refractivity contribution in [1.82, 2.24) is 19.1 Å². The Balaban J connectivity index is 1.41. The number of aromatic nitrogens is 3. The van der Waals surface area contributed by atoms with Crippen LogP contribution in [0.25, 0.3) is 5.69 Å². The molecule has 0 saturated carbocycles. The van der Waals surface area contributed by atoms with Crippen molar-refractivity contribution < 1.29 is 8.42 Å². The van der Waals surface area contributed by atoms with Crippen LogP contribution in [0.3, 0.4) is 0 Å². The smallest absolute Gasteiger partial charge is 0.297 e. The number of piperazine rings is 1. The maximum absolute atomic E-state index is 13.8. The summed E-state index contributed by atoms with van der Waals surface area (Å²) in [5.41, 5.74) is 2.90. The second-order valence-electron chi connectivity index (χ2n) is 9.45. The monoisotopic (exact) mass is 555 g/mol. The highest BCUT2D eigenvalue weighted by molar-refractivity contribution is 7.89. The van der Waals surface area contributed by atoms with Gasteiger partial charge in [0.25, 0.3) is 5.56 Å². The largest absolute Gasteiger partial charge is 0.368 e. The Kier molecular flexibility index (Phi) is 7.91. The highest BCUT2D eigenvalue weighted by atomic mass is 32.2. The van der Waals surface area contributed by atoms with Gasteiger partial charge in [0, 0.05) is 58.1 Å². The molecule has 1 fully saturated rings. The third-order valence-corrected chi connectivity index (χ3v) is 8.86. The van der Waals surface area contributed by atoms with Crippen LogP contribution in [-0.4, -0.2) is 67.3 Å². The molecule has 3 heterocycles. The summed E-state index contributed by atoms with van der Waals surface area (Å²) < 4.78 is 29.3. The molecule has 0 aliphatic carbocycles.